The number of halogens is 3. The van der Waals surface area contributed by atoms with Gasteiger partial charge in [0.2, 0.25) is 0 Å². The van der Waals surface area contributed by atoms with Crippen molar-refractivity contribution in [3.63, 3.8) is 0 Å². The highest BCUT2D eigenvalue weighted by Gasteiger charge is 2.42. The predicted molar refractivity (Wildman–Crippen MR) is 80.7 cm³/mol. The van der Waals surface area contributed by atoms with Crippen molar-refractivity contribution in [1.82, 2.24) is 14.7 Å². The molecular formula is C16H16F3N3O2. The van der Waals surface area contributed by atoms with Crippen LogP contribution in [0, 0.1) is 5.92 Å². The Labute approximate surface area is 135 Å². The fourth-order valence-corrected chi connectivity index (χ4v) is 3.06. The fourth-order valence-electron chi connectivity index (χ4n) is 3.06. The van der Waals surface area contributed by atoms with E-state index in [1.54, 1.807) is 18.2 Å². The maximum absolute atomic E-state index is 12.8. The molecule has 1 fully saturated rings. The number of hydrogen-bond donors (Lipinski definition) is 1. The number of carbonyl (C=O) groups is 1. The lowest BCUT2D eigenvalue weighted by Crippen LogP contribution is -2.43. The van der Waals surface area contributed by atoms with Gasteiger partial charge < -0.3 is 5.32 Å². The lowest BCUT2D eigenvalue weighted by atomic mass is 9.85. The van der Waals surface area contributed by atoms with E-state index in [0.29, 0.717) is 18.5 Å². The largest absolute Gasteiger partial charge is 0.391 e. The van der Waals surface area contributed by atoms with Gasteiger partial charge >= 0.3 is 6.18 Å². The van der Waals surface area contributed by atoms with E-state index in [2.05, 4.69) is 10.3 Å². The topological polar surface area (TPSA) is 63.5 Å². The van der Waals surface area contributed by atoms with Gasteiger partial charge in [-0.3, -0.25) is 14.0 Å². The Morgan fingerprint density at radius 3 is 2.83 bits per heavy atom. The van der Waals surface area contributed by atoms with Crippen LogP contribution in [0.5, 0.6) is 0 Å². The Balaban J connectivity index is 1.78. The van der Waals surface area contributed by atoms with Crippen LogP contribution in [0.25, 0.3) is 5.65 Å². The number of alkyl halides is 3. The van der Waals surface area contributed by atoms with Crippen LogP contribution in [-0.2, 0) is 0 Å². The van der Waals surface area contributed by atoms with Crippen LogP contribution < -0.4 is 10.9 Å². The second-order valence-electron chi connectivity index (χ2n) is 5.98. The lowest BCUT2D eigenvalue weighted by molar-refractivity contribution is -0.183. The summed E-state index contributed by atoms with van der Waals surface area (Å²) in [4.78, 5) is 28.6. The molecule has 3 rings (SSSR count). The van der Waals surface area contributed by atoms with E-state index in [0.717, 1.165) is 6.20 Å². The van der Waals surface area contributed by atoms with Gasteiger partial charge in [-0.1, -0.05) is 12.5 Å². The zero-order valence-electron chi connectivity index (χ0n) is 12.7. The number of aromatic nitrogens is 2. The van der Waals surface area contributed by atoms with Crippen molar-refractivity contribution in [1.29, 1.82) is 0 Å². The van der Waals surface area contributed by atoms with Gasteiger partial charge in [0, 0.05) is 18.4 Å². The van der Waals surface area contributed by atoms with E-state index in [1.807, 2.05) is 0 Å². The number of rotatable bonds is 2. The van der Waals surface area contributed by atoms with Crippen LogP contribution in [0.1, 0.15) is 36.0 Å². The highest BCUT2D eigenvalue weighted by atomic mass is 19.4. The normalized spacial score (nSPS) is 21.6. The van der Waals surface area contributed by atoms with Crippen molar-refractivity contribution in [2.75, 3.05) is 0 Å². The molecule has 0 unspecified atom stereocenters. The van der Waals surface area contributed by atoms with E-state index < -0.39 is 29.6 Å². The smallest absolute Gasteiger partial charge is 0.349 e. The molecule has 0 bridgehead atoms. The van der Waals surface area contributed by atoms with Crippen LogP contribution in [0.2, 0.25) is 0 Å². The summed E-state index contributed by atoms with van der Waals surface area (Å²) < 4.78 is 39.7. The van der Waals surface area contributed by atoms with Gasteiger partial charge in [-0.15, -0.1) is 0 Å². The molecule has 2 aromatic heterocycles. The fraction of sp³-hybridized carbons (Fsp3) is 0.438. The molecule has 128 valence electrons. The summed E-state index contributed by atoms with van der Waals surface area (Å²) in [7, 11) is 0. The summed E-state index contributed by atoms with van der Waals surface area (Å²) in [5.41, 5.74) is -0.317. The zero-order chi connectivity index (χ0) is 17.3. The maximum atomic E-state index is 12.8. The molecule has 2 aromatic rings. The molecule has 5 nitrogen and oxygen atoms in total. The lowest BCUT2D eigenvalue weighted by Gasteiger charge is -2.30. The van der Waals surface area contributed by atoms with Crippen molar-refractivity contribution < 1.29 is 18.0 Å². The van der Waals surface area contributed by atoms with E-state index in [-0.39, 0.29) is 18.4 Å². The van der Waals surface area contributed by atoms with E-state index in [4.69, 9.17) is 0 Å². The Morgan fingerprint density at radius 2 is 2.08 bits per heavy atom. The average molecular weight is 339 g/mol. The minimum Gasteiger partial charge on any atom is -0.349 e. The molecule has 8 heteroatoms. The van der Waals surface area contributed by atoms with Crippen molar-refractivity contribution in [2.24, 2.45) is 5.92 Å². The highest BCUT2D eigenvalue weighted by molar-refractivity contribution is 5.93. The number of nitrogens with zero attached hydrogens (tertiary/aromatic N) is 2. The Bertz CT molecular complexity index is 816. The summed E-state index contributed by atoms with van der Waals surface area (Å²) in [6.45, 7) is 0. The van der Waals surface area contributed by atoms with Crippen molar-refractivity contribution in [3.8, 4) is 0 Å². The average Bonchev–Trinajstić information content (AvgIpc) is 2.55. The van der Waals surface area contributed by atoms with Crippen LogP contribution in [-0.4, -0.2) is 27.5 Å². The second-order valence-corrected chi connectivity index (χ2v) is 5.98. The molecule has 1 N–H and O–H groups in total. The summed E-state index contributed by atoms with van der Waals surface area (Å²) >= 11 is 0. The van der Waals surface area contributed by atoms with Crippen LogP contribution in [0.4, 0.5) is 13.2 Å². The zero-order valence-corrected chi connectivity index (χ0v) is 12.7. The number of carbonyl (C=O) groups excluding carboxylic acids is 1. The number of amides is 1. The summed E-state index contributed by atoms with van der Waals surface area (Å²) in [6, 6.07) is 4.37. The van der Waals surface area contributed by atoms with Crippen molar-refractivity contribution >= 4 is 11.6 Å². The van der Waals surface area contributed by atoms with Crippen molar-refractivity contribution in [3.05, 3.63) is 46.5 Å². The van der Waals surface area contributed by atoms with Crippen LogP contribution >= 0.6 is 0 Å². The molecule has 2 heterocycles. The maximum Gasteiger partial charge on any atom is 0.391 e. The molecule has 0 radical (unpaired) electrons. The molecule has 1 saturated carbocycles. The molecule has 0 saturated heterocycles. The predicted octanol–water partition coefficient (Wildman–Crippen LogP) is 2.55. The molecule has 1 amide bonds. The summed E-state index contributed by atoms with van der Waals surface area (Å²) in [6.07, 6.45) is -0.815. The van der Waals surface area contributed by atoms with E-state index in [9.17, 15) is 22.8 Å². The van der Waals surface area contributed by atoms with E-state index >= 15 is 0 Å². The number of nitrogens with one attached hydrogen (secondary N) is 1. The third-order valence-electron chi connectivity index (χ3n) is 4.33. The van der Waals surface area contributed by atoms with Crippen molar-refractivity contribution in [2.45, 2.75) is 37.9 Å². The summed E-state index contributed by atoms with van der Waals surface area (Å²) in [5, 5.41) is 2.55. The Kier molecular flexibility index (Phi) is 4.29. The van der Waals surface area contributed by atoms with Gasteiger partial charge in [0.15, 0.2) is 0 Å². The second kappa shape index (κ2) is 6.26. The van der Waals surface area contributed by atoms with Gasteiger partial charge in [0.25, 0.3) is 11.5 Å². The van der Waals surface area contributed by atoms with Gasteiger partial charge in [-0.05, 0) is 31.4 Å². The molecule has 24 heavy (non-hydrogen) atoms. The van der Waals surface area contributed by atoms with Gasteiger partial charge in [-0.2, -0.15) is 13.2 Å². The highest BCUT2D eigenvalue weighted by Crippen LogP contribution is 2.37. The first-order valence-corrected chi connectivity index (χ1v) is 7.70. The third kappa shape index (κ3) is 3.27. The number of fused-ring (bicyclic) bond motifs is 1. The Hall–Kier alpha value is -2.38. The first-order chi connectivity index (χ1) is 11.4. The molecule has 0 spiro atoms. The summed E-state index contributed by atoms with van der Waals surface area (Å²) in [5.74, 6) is -2.09. The molecule has 2 atom stereocenters. The monoisotopic (exact) mass is 339 g/mol. The van der Waals surface area contributed by atoms with Crippen LogP contribution in [0.3, 0.4) is 0 Å². The van der Waals surface area contributed by atoms with Crippen LogP contribution in [0.15, 0.2) is 35.4 Å². The minimum absolute atomic E-state index is 0.0794. The molecule has 1 aliphatic rings. The SMILES string of the molecule is O=C(N[C@H]1CCC[C@@H](C(F)(F)F)C1)c1cnc2ccccn2c1=O. The van der Waals surface area contributed by atoms with E-state index in [1.165, 1.54) is 10.6 Å². The quantitative estimate of drug-likeness (QED) is 0.915. The minimum atomic E-state index is -4.26. The Morgan fingerprint density at radius 1 is 1.29 bits per heavy atom. The third-order valence-corrected chi connectivity index (χ3v) is 4.33. The van der Waals surface area contributed by atoms with Gasteiger partial charge in [0.1, 0.15) is 11.2 Å². The molecule has 0 aliphatic heterocycles. The molecule has 1 aliphatic carbocycles. The first-order valence-electron chi connectivity index (χ1n) is 7.70. The van der Waals surface area contributed by atoms with Gasteiger partial charge in [-0.25, -0.2) is 4.98 Å². The standard InChI is InChI=1S/C16H16F3N3O2/c17-16(18,19)10-4-3-5-11(8-10)21-14(23)12-9-20-13-6-1-2-7-22(13)15(12)24/h1-2,6-7,9-11H,3-5,8H2,(H,21,23)/t10-,11+/m1/s1. The molecular weight excluding hydrogens is 323 g/mol. The van der Waals surface area contributed by atoms with Gasteiger partial charge in [0.05, 0.1) is 5.92 Å². The first kappa shape index (κ1) is 16.5. The number of hydrogen-bond acceptors (Lipinski definition) is 3. The molecule has 0 aromatic carbocycles. The number of pyridine rings is 1.